The standard InChI is InChI=1S/C13H18BrN3O2/c1-3-9-4-5-11(19-9)12(15)13-10(14)8-16-17(13)6-7-18-2/h4-5,8,12H,3,6-7,15H2,1-2H3. The van der Waals surface area contributed by atoms with E-state index in [1.807, 2.05) is 23.7 Å². The van der Waals surface area contributed by atoms with Gasteiger partial charge < -0.3 is 14.9 Å². The van der Waals surface area contributed by atoms with Crippen LogP contribution in [0.4, 0.5) is 0 Å². The van der Waals surface area contributed by atoms with Crippen LogP contribution in [0.25, 0.3) is 0 Å². The van der Waals surface area contributed by atoms with Gasteiger partial charge in [0.25, 0.3) is 0 Å². The summed E-state index contributed by atoms with van der Waals surface area (Å²) in [6, 6.07) is 3.54. The molecule has 6 heteroatoms. The van der Waals surface area contributed by atoms with Gasteiger partial charge in [-0.25, -0.2) is 0 Å². The van der Waals surface area contributed by atoms with Crippen molar-refractivity contribution in [3.63, 3.8) is 0 Å². The maximum Gasteiger partial charge on any atom is 0.127 e. The van der Waals surface area contributed by atoms with Gasteiger partial charge in [-0.2, -0.15) is 5.10 Å². The number of nitrogens with two attached hydrogens (primary N) is 1. The van der Waals surface area contributed by atoms with Gasteiger partial charge in [0, 0.05) is 13.5 Å². The first kappa shape index (κ1) is 14.3. The van der Waals surface area contributed by atoms with Gasteiger partial charge in [0.2, 0.25) is 0 Å². The second-order valence-corrected chi connectivity index (χ2v) is 5.08. The quantitative estimate of drug-likeness (QED) is 0.885. The van der Waals surface area contributed by atoms with Gasteiger partial charge in [-0.05, 0) is 28.1 Å². The summed E-state index contributed by atoms with van der Waals surface area (Å²) in [7, 11) is 1.66. The normalized spacial score (nSPS) is 12.8. The molecule has 104 valence electrons. The number of hydrogen-bond acceptors (Lipinski definition) is 4. The Kier molecular flexibility index (Phi) is 4.79. The first-order chi connectivity index (χ1) is 9.17. The molecule has 2 rings (SSSR count). The van der Waals surface area contributed by atoms with Crippen molar-refractivity contribution in [1.82, 2.24) is 9.78 Å². The fourth-order valence-electron chi connectivity index (χ4n) is 1.92. The van der Waals surface area contributed by atoms with Crippen LogP contribution >= 0.6 is 15.9 Å². The molecule has 2 aromatic rings. The van der Waals surface area contributed by atoms with E-state index in [4.69, 9.17) is 14.9 Å². The van der Waals surface area contributed by atoms with Gasteiger partial charge in [0.1, 0.15) is 17.6 Å². The largest absolute Gasteiger partial charge is 0.464 e. The molecule has 0 fully saturated rings. The van der Waals surface area contributed by atoms with Crippen LogP contribution in [0.1, 0.15) is 30.2 Å². The van der Waals surface area contributed by atoms with Crippen molar-refractivity contribution in [3.05, 3.63) is 40.0 Å². The van der Waals surface area contributed by atoms with Crippen molar-refractivity contribution in [2.45, 2.75) is 25.9 Å². The van der Waals surface area contributed by atoms with Crippen molar-refractivity contribution in [2.24, 2.45) is 5.73 Å². The molecule has 2 heterocycles. The van der Waals surface area contributed by atoms with E-state index in [1.54, 1.807) is 13.3 Å². The highest BCUT2D eigenvalue weighted by Gasteiger charge is 2.21. The van der Waals surface area contributed by atoms with Crippen molar-refractivity contribution in [3.8, 4) is 0 Å². The number of aromatic nitrogens is 2. The van der Waals surface area contributed by atoms with E-state index in [0.717, 1.165) is 28.1 Å². The molecule has 0 spiro atoms. The van der Waals surface area contributed by atoms with Crippen molar-refractivity contribution in [2.75, 3.05) is 13.7 Å². The van der Waals surface area contributed by atoms with E-state index in [1.165, 1.54) is 0 Å². The molecule has 0 amide bonds. The summed E-state index contributed by atoms with van der Waals surface area (Å²) in [6.07, 6.45) is 2.60. The zero-order chi connectivity index (χ0) is 13.8. The van der Waals surface area contributed by atoms with Gasteiger partial charge in [-0.1, -0.05) is 6.92 Å². The third kappa shape index (κ3) is 3.08. The lowest BCUT2D eigenvalue weighted by Gasteiger charge is -2.13. The summed E-state index contributed by atoms with van der Waals surface area (Å²) < 4.78 is 13.5. The molecule has 1 unspecified atom stereocenters. The molecule has 0 aliphatic carbocycles. The second-order valence-electron chi connectivity index (χ2n) is 4.23. The third-order valence-corrected chi connectivity index (χ3v) is 3.58. The van der Waals surface area contributed by atoms with Crippen LogP contribution in [0, 0.1) is 0 Å². The summed E-state index contributed by atoms with van der Waals surface area (Å²) in [6.45, 7) is 3.30. The lowest BCUT2D eigenvalue weighted by atomic mass is 10.1. The molecule has 2 aromatic heterocycles. The molecule has 0 aliphatic rings. The molecule has 0 aliphatic heterocycles. The average Bonchev–Trinajstić information content (AvgIpc) is 3.02. The van der Waals surface area contributed by atoms with Crippen LogP contribution < -0.4 is 5.73 Å². The Bertz CT molecular complexity index is 536. The molecule has 0 saturated carbocycles. The number of ether oxygens (including phenoxy) is 1. The van der Waals surface area contributed by atoms with E-state index in [0.29, 0.717) is 13.2 Å². The highest BCUT2D eigenvalue weighted by molar-refractivity contribution is 9.10. The third-order valence-electron chi connectivity index (χ3n) is 2.97. The predicted molar refractivity (Wildman–Crippen MR) is 75.9 cm³/mol. The predicted octanol–water partition coefficient (Wildman–Crippen LogP) is 2.50. The SMILES string of the molecule is CCc1ccc(C(N)c2c(Br)cnn2CCOC)o1. The Labute approximate surface area is 120 Å². The molecular weight excluding hydrogens is 310 g/mol. The summed E-state index contributed by atoms with van der Waals surface area (Å²) in [4.78, 5) is 0. The van der Waals surface area contributed by atoms with Crippen LogP contribution in [0.5, 0.6) is 0 Å². The molecule has 0 bridgehead atoms. The molecule has 5 nitrogen and oxygen atoms in total. The molecule has 0 radical (unpaired) electrons. The van der Waals surface area contributed by atoms with Gasteiger partial charge in [-0.15, -0.1) is 0 Å². The number of furan rings is 1. The molecule has 0 aromatic carbocycles. The molecular formula is C13H18BrN3O2. The Morgan fingerprint density at radius 1 is 1.53 bits per heavy atom. The first-order valence-electron chi connectivity index (χ1n) is 6.21. The Hall–Kier alpha value is -1.11. The van der Waals surface area contributed by atoms with E-state index in [9.17, 15) is 0 Å². The number of hydrogen-bond donors (Lipinski definition) is 1. The summed E-state index contributed by atoms with van der Waals surface area (Å²) in [5, 5.41) is 4.29. The summed E-state index contributed by atoms with van der Waals surface area (Å²) in [5.41, 5.74) is 7.17. The maximum atomic E-state index is 6.28. The fraction of sp³-hybridized carbons (Fsp3) is 0.462. The van der Waals surface area contributed by atoms with E-state index in [-0.39, 0.29) is 6.04 Å². The van der Waals surface area contributed by atoms with Crippen LogP contribution in [-0.4, -0.2) is 23.5 Å². The molecule has 0 saturated heterocycles. The number of methoxy groups -OCH3 is 1. The summed E-state index contributed by atoms with van der Waals surface area (Å²) >= 11 is 3.49. The molecule has 1 atom stereocenters. The zero-order valence-electron chi connectivity index (χ0n) is 11.1. The summed E-state index contributed by atoms with van der Waals surface area (Å²) in [5.74, 6) is 1.68. The Balaban J connectivity index is 2.26. The fourth-order valence-corrected chi connectivity index (χ4v) is 2.47. The Morgan fingerprint density at radius 2 is 2.32 bits per heavy atom. The smallest absolute Gasteiger partial charge is 0.127 e. The van der Waals surface area contributed by atoms with Crippen LogP contribution in [0.2, 0.25) is 0 Å². The van der Waals surface area contributed by atoms with Crippen molar-refractivity contribution in [1.29, 1.82) is 0 Å². The van der Waals surface area contributed by atoms with Crippen LogP contribution in [0.3, 0.4) is 0 Å². The topological polar surface area (TPSA) is 66.2 Å². The van der Waals surface area contributed by atoms with E-state index in [2.05, 4.69) is 21.0 Å². The highest BCUT2D eigenvalue weighted by Crippen LogP contribution is 2.28. The second kappa shape index (κ2) is 6.36. The lowest BCUT2D eigenvalue weighted by Crippen LogP contribution is -2.19. The number of nitrogens with zero attached hydrogens (tertiary/aromatic N) is 2. The van der Waals surface area contributed by atoms with E-state index >= 15 is 0 Å². The first-order valence-corrected chi connectivity index (χ1v) is 7.01. The minimum absolute atomic E-state index is 0.339. The van der Waals surface area contributed by atoms with E-state index < -0.39 is 0 Å². The number of aryl methyl sites for hydroxylation is 1. The molecule has 2 N–H and O–H groups in total. The van der Waals surface area contributed by atoms with Gasteiger partial charge >= 0.3 is 0 Å². The van der Waals surface area contributed by atoms with Crippen molar-refractivity contribution >= 4 is 15.9 Å². The van der Waals surface area contributed by atoms with Gasteiger partial charge in [0.15, 0.2) is 0 Å². The van der Waals surface area contributed by atoms with Crippen LogP contribution in [-0.2, 0) is 17.7 Å². The van der Waals surface area contributed by atoms with Crippen LogP contribution in [0.15, 0.2) is 27.2 Å². The molecule has 19 heavy (non-hydrogen) atoms. The Morgan fingerprint density at radius 3 is 2.95 bits per heavy atom. The number of halogens is 1. The van der Waals surface area contributed by atoms with Crippen molar-refractivity contribution < 1.29 is 9.15 Å². The zero-order valence-corrected chi connectivity index (χ0v) is 12.7. The van der Waals surface area contributed by atoms with Gasteiger partial charge in [0.05, 0.1) is 29.5 Å². The lowest BCUT2D eigenvalue weighted by molar-refractivity contribution is 0.182. The minimum Gasteiger partial charge on any atom is -0.464 e. The monoisotopic (exact) mass is 327 g/mol. The maximum absolute atomic E-state index is 6.28. The highest BCUT2D eigenvalue weighted by atomic mass is 79.9. The minimum atomic E-state index is -0.339. The van der Waals surface area contributed by atoms with Gasteiger partial charge in [-0.3, -0.25) is 4.68 Å². The average molecular weight is 328 g/mol. The number of rotatable bonds is 6.